The van der Waals surface area contributed by atoms with Gasteiger partial charge in [0.25, 0.3) is 0 Å². The van der Waals surface area contributed by atoms with E-state index in [2.05, 4.69) is 0 Å². The number of carboxylic acid groups (broad SMARTS) is 1. The summed E-state index contributed by atoms with van der Waals surface area (Å²) < 4.78 is 0.244. The molecule has 0 saturated carbocycles. The van der Waals surface area contributed by atoms with E-state index in [0.29, 0.717) is 0 Å². The van der Waals surface area contributed by atoms with Crippen molar-refractivity contribution in [1.82, 2.24) is 4.90 Å². The number of carbonyl (C=O) groups excluding carboxylic acids is 1. The first-order valence-electron chi connectivity index (χ1n) is 3.82. The third-order valence-electron chi connectivity index (χ3n) is 2.00. The lowest BCUT2D eigenvalue weighted by Crippen LogP contribution is -2.41. The number of aliphatic hydroxyl groups is 1. The maximum atomic E-state index is 11.2. The van der Waals surface area contributed by atoms with Crippen LogP contribution in [0, 0.1) is 0 Å². The lowest BCUT2D eigenvalue weighted by molar-refractivity contribution is -0.147. The van der Waals surface area contributed by atoms with Crippen LogP contribution in [0.3, 0.4) is 0 Å². The number of likely N-dealkylation sites (tertiary alicyclic amines) is 1. The quantitative estimate of drug-likeness (QED) is 0.531. The van der Waals surface area contributed by atoms with Crippen LogP contribution in [0.5, 0.6) is 0 Å². The highest BCUT2D eigenvalue weighted by molar-refractivity contribution is 14.1. The molecule has 0 spiro atoms. The minimum absolute atomic E-state index is 0.137. The van der Waals surface area contributed by atoms with Crippen molar-refractivity contribution in [3.63, 3.8) is 0 Å². The van der Waals surface area contributed by atoms with E-state index in [1.165, 1.54) is 4.90 Å². The van der Waals surface area contributed by atoms with Gasteiger partial charge in [0.15, 0.2) is 0 Å². The fraction of sp³-hybridized carbons (Fsp3) is 0.714. The van der Waals surface area contributed by atoms with Crippen LogP contribution in [0.1, 0.15) is 6.42 Å². The SMILES string of the molecule is O=C(O)C1CC(O)CN1C(=O)CI. The number of hydrogen-bond acceptors (Lipinski definition) is 3. The molecule has 1 aliphatic rings. The molecular formula is C7H10INO4. The van der Waals surface area contributed by atoms with E-state index in [-0.39, 0.29) is 23.3 Å². The molecule has 0 radical (unpaired) electrons. The maximum Gasteiger partial charge on any atom is 0.326 e. The topological polar surface area (TPSA) is 77.8 Å². The second kappa shape index (κ2) is 4.23. The first kappa shape index (κ1) is 10.7. The van der Waals surface area contributed by atoms with Crippen molar-refractivity contribution in [2.75, 3.05) is 11.0 Å². The molecular weight excluding hydrogens is 289 g/mol. The highest BCUT2D eigenvalue weighted by Gasteiger charge is 2.38. The number of rotatable bonds is 2. The number of amides is 1. The third-order valence-corrected chi connectivity index (χ3v) is 2.65. The van der Waals surface area contributed by atoms with Crippen molar-refractivity contribution >= 4 is 34.5 Å². The standard InChI is InChI=1S/C7H10INO4/c8-2-6(11)9-3-4(10)1-5(9)7(12)13/h4-5,10H,1-3H2,(H,12,13). The first-order valence-corrected chi connectivity index (χ1v) is 5.35. The molecule has 1 fully saturated rings. The van der Waals surface area contributed by atoms with E-state index in [0.717, 1.165) is 0 Å². The number of hydrogen-bond donors (Lipinski definition) is 2. The largest absolute Gasteiger partial charge is 0.480 e. The number of aliphatic hydroxyl groups excluding tert-OH is 1. The second-order valence-electron chi connectivity index (χ2n) is 2.92. The Hall–Kier alpha value is -0.370. The molecule has 6 heteroatoms. The average molecular weight is 299 g/mol. The Morgan fingerprint density at radius 2 is 2.15 bits per heavy atom. The van der Waals surface area contributed by atoms with Gasteiger partial charge in [-0.15, -0.1) is 0 Å². The Balaban J connectivity index is 2.71. The normalized spacial score (nSPS) is 27.7. The summed E-state index contributed by atoms with van der Waals surface area (Å²) >= 11 is 1.88. The lowest BCUT2D eigenvalue weighted by Gasteiger charge is -2.19. The second-order valence-corrected chi connectivity index (χ2v) is 3.69. The van der Waals surface area contributed by atoms with Crippen LogP contribution in [-0.2, 0) is 9.59 Å². The summed E-state index contributed by atoms with van der Waals surface area (Å²) in [5.74, 6) is -1.28. The van der Waals surface area contributed by atoms with Crippen LogP contribution in [0.2, 0.25) is 0 Å². The molecule has 1 rings (SSSR count). The molecule has 5 nitrogen and oxygen atoms in total. The van der Waals surface area contributed by atoms with E-state index in [1.807, 2.05) is 22.6 Å². The van der Waals surface area contributed by atoms with Crippen molar-refractivity contribution < 1.29 is 19.8 Å². The maximum absolute atomic E-state index is 11.2. The summed E-state index contributed by atoms with van der Waals surface area (Å²) in [4.78, 5) is 23.1. The monoisotopic (exact) mass is 299 g/mol. The first-order chi connectivity index (χ1) is 6.06. The Kier molecular flexibility index (Phi) is 3.48. The van der Waals surface area contributed by atoms with Gasteiger partial charge in [-0.25, -0.2) is 4.79 Å². The minimum atomic E-state index is -1.05. The zero-order valence-corrected chi connectivity index (χ0v) is 8.97. The van der Waals surface area contributed by atoms with Gasteiger partial charge in [0.1, 0.15) is 6.04 Å². The fourth-order valence-electron chi connectivity index (χ4n) is 1.40. The van der Waals surface area contributed by atoms with E-state index in [4.69, 9.17) is 5.11 Å². The van der Waals surface area contributed by atoms with Gasteiger partial charge >= 0.3 is 5.97 Å². The third kappa shape index (κ3) is 2.31. The number of nitrogens with zero attached hydrogens (tertiary/aromatic N) is 1. The highest BCUT2D eigenvalue weighted by atomic mass is 127. The molecule has 2 atom stereocenters. The molecule has 0 aliphatic carbocycles. The van der Waals surface area contributed by atoms with Crippen molar-refractivity contribution in [3.8, 4) is 0 Å². The van der Waals surface area contributed by atoms with Crippen LogP contribution < -0.4 is 0 Å². The molecule has 2 unspecified atom stereocenters. The summed E-state index contributed by atoms with van der Waals surface area (Å²) in [5.41, 5.74) is 0. The van der Waals surface area contributed by atoms with Crippen molar-refractivity contribution in [2.45, 2.75) is 18.6 Å². The minimum Gasteiger partial charge on any atom is -0.480 e. The van der Waals surface area contributed by atoms with Gasteiger partial charge in [0.2, 0.25) is 5.91 Å². The van der Waals surface area contributed by atoms with Gasteiger partial charge in [-0.05, 0) is 0 Å². The van der Waals surface area contributed by atoms with Gasteiger partial charge in [0, 0.05) is 13.0 Å². The molecule has 1 heterocycles. The summed E-state index contributed by atoms with van der Waals surface area (Å²) in [6, 6.07) is -0.850. The number of aliphatic carboxylic acids is 1. The summed E-state index contributed by atoms with van der Waals surface area (Å²) in [7, 11) is 0. The smallest absolute Gasteiger partial charge is 0.326 e. The molecule has 74 valence electrons. The lowest BCUT2D eigenvalue weighted by atomic mass is 10.2. The van der Waals surface area contributed by atoms with E-state index >= 15 is 0 Å². The highest BCUT2D eigenvalue weighted by Crippen LogP contribution is 2.18. The average Bonchev–Trinajstić information content (AvgIpc) is 2.46. The zero-order valence-electron chi connectivity index (χ0n) is 6.81. The van der Waals surface area contributed by atoms with Crippen molar-refractivity contribution in [2.24, 2.45) is 0 Å². The van der Waals surface area contributed by atoms with Crippen molar-refractivity contribution in [1.29, 1.82) is 0 Å². The molecule has 0 aromatic carbocycles. The predicted octanol–water partition coefficient (Wildman–Crippen LogP) is -0.532. The number of alkyl halides is 1. The van der Waals surface area contributed by atoms with Crippen LogP contribution >= 0.6 is 22.6 Å². The van der Waals surface area contributed by atoms with Crippen molar-refractivity contribution in [3.05, 3.63) is 0 Å². The number of carbonyl (C=O) groups is 2. The molecule has 2 N–H and O–H groups in total. The molecule has 13 heavy (non-hydrogen) atoms. The molecule has 1 saturated heterocycles. The Labute approximate surface area is 88.9 Å². The van der Waals surface area contributed by atoms with Crippen LogP contribution in [0.25, 0.3) is 0 Å². The summed E-state index contributed by atoms with van der Waals surface area (Å²) in [6.07, 6.45) is -0.564. The summed E-state index contributed by atoms with van der Waals surface area (Å²) in [5, 5.41) is 17.9. The van der Waals surface area contributed by atoms with Gasteiger partial charge in [-0.1, -0.05) is 22.6 Å². The number of carboxylic acids is 1. The van der Waals surface area contributed by atoms with Gasteiger partial charge in [0.05, 0.1) is 10.5 Å². The van der Waals surface area contributed by atoms with E-state index in [1.54, 1.807) is 0 Å². The number of β-amino-alcohol motifs (C(OH)–C–C–N with tert-alkyl or cyclic N) is 1. The van der Waals surface area contributed by atoms with Gasteiger partial charge in [-0.2, -0.15) is 0 Å². The van der Waals surface area contributed by atoms with E-state index in [9.17, 15) is 14.7 Å². The number of halogens is 1. The molecule has 0 aromatic heterocycles. The predicted molar refractivity (Wildman–Crippen MR) is 52.6 cm³/mol. The van der Waals surface area contributed by atoms with Crippen LogP contribution in [0.15, 0.2) is 0 Å². The van der Waals surface area contributed by atoms with Crippen LogP contribution in [-0.4, -0.2) is 50.1 Å². The van der Waals surface area contributed by atoms with Gasteiger partial charge in [-0.3, -0.25) is 4.79 Å². The Bertz CT molecular complexity index is 233. The van der Waals surface area contributed by atoms with Gasteiger partial charge < -0.3 is 15.1 Å². The van der Waals surface area contributed by atoms with Crippen LogP contribution in [0.4, 0.5) is 0 Å². The molecule has 0 bridgehead atoms. The Morgan fingerprint density at radius 1 is 1.54 bits per heavy atom. The summed E-state index contributed by atoms with van der Waals surface area (Å²) in [6.45, 7) is 0.138. The molecule has 0 aromatic rings. The zero-order chi connectivity index (χ0) is 10.0. The Morgan fingerprint density at radius 3 is 2.62 bits per heavy atom. The molecule has 1 aliphatic heterocycles. The van der Waals surface area contributed by atoms with E-state index < -0.39 is 18.1 Å². The molecule has 1 amide bonds. The fourth-order valence-corrected chi connectivity index (χ4v) is 1.84.